The zero-order valence-corrected chi connectivity index (χ0v) is 15.4. The number of aryl methyl sites for hydroxylation is 1. The Kier molecular flexibility index (Phi) is 4.49. The molecular formula is C20H25N5O. The molecule has 1 aliphatic rings. The maximum Gasteiger partial charge on any atom is 0.247 e. The molecule has 1 fully saturated rings. The number of fused-ring (bicyclic) bond motifs is 1. The van der Waals surface area contributed by atoms with Crippen molar-refractivity contribution in [2.45, 2.75) is 44.6 Å². The fourth-order valence-corrected chi connectivity index (χ4v) is 3.88. The summed E-state index contributed by atoms with van der Waals surface area (Å²) in [6.07, 6.45) is 7.96. The second-order valence-electron chi connectivity index (χ2n) is 7.18. The van der Waals surface area contributed by atoms with Crippen LogP contribution in [0, 0.1) is 0 Å². The quantitative estimate of drug-likeness (QED) is 0.723. The highest BCUT2D eigenvalue weighted by atomic mass is 16.2. The Morgan fingerprint density at radius 2 is 1.96 bits per heavy atom. The number of anilines is 1. The van der Waals surface area contributed by atoms with Crippen LogP contribution in [0.15, 0.2) is 36.5 Å². The van der Waals surface area contributed by atoms with E-state index < -0.39 is 0 Å². The molecule has 0 unspecified atom stereocenters. The predicted octanol–water partition coefficient (Wildman–Crippen LogP) is 3.48. The molecule has 26 heavy (non-hydrogen) atoms. The molecule has 0 saturated heterocycles. The summed E-state index contributed by atoms with van der Waals surface area (Å²) in [6, 6.07) is 9.96. The van der Waals surface area contributed by atoms with E-state index in [1.807, 2.05) is 37.5 Å². The second kappa shape index (κ2) is 6.94. The minimum absolute atomic E-state index is 0.0175. The van der Waals surface area contributed by atoms with Gasteiger partial charge in [-0.3, -0.25) is 14.4 Å². The van der Waals surface area contributed by atoms with Crippen molar-refractivity contribution in [3.63, 3.8) is 0 Å². The summed E-state index contributed by atoms with van der Waals surface area (Å²) in [5.74, 6) is 2.20. The molecular weight excluding hydrogens is 326 g/mol. The van der Waals surface area contributed by atoms with Gasteiger partial charge < -0.3 is 4.57 Å². The van der Waals surface area contributed by atoms with Crippen molar-refractivity contribution in [3.8, 4) is 0 Å². The van der Waals surface area contributed by atoms with Gasteiger partial charge in [-0.25, -0.2) is 4.98 Å². The molecule has 1 aromatic carbocycles. The summed E-state index contributed by atoms with van der Waals surface area (Å²) in [5, 5.41) is 4.33. The van der Waals surface area contributed by atoms with Crippen LogP contribution in [0.5, 0.6) is 0 Å². The average Bonchev–Trinajstić information content (AvgIpc) is 3.26. The standard InChI is InChI=1S/C20H25N5O/c1-23-13-12-18(22-23)24(2)19(26)14-25-17-11-7-6-10-16(17)21-20(25)15-8-4-3-5-9-15/h6-7,10-13,15H,3-5,8-9,14H2,1-2H3. The predicted molar refractivity (Wildman–Crippen MR) is 102 cm³/mol. The first-order valence-electron chi connectivity index (χ1n) is 9.35. The summed E-state index contributed by atoms with van der Waals surface area (Å²) in [5.41, 5.74) is 2.01. The number of hydrogen-bond acceptors (Lipinski definition) is 3. The largest absolute Gasteiger partial charge is 0.318 e. The Morgan fingerprint density at radius 3 is 2.69 bits per heavy atom. The van der Waals surface area contributed by atoms with Crippen molar-refractivity contribution in [2.75, 3.05) is 11.9 Å². The minimum atomic E-state index is 0.0175. The topological polar surface area (TPSA) is 56.0 Å². The zero-order chi connectivity index (χ0) is 18.1. The lowest BCUT2D eigenvalue weighted by molar-refractivity contribution is -0.118. The highest BCUT2D eigenvalue weighted by molar-refractivity contribution is 5.92. The first kappa shape index (κ1) is 16.8. The number of benzene rings is 1. The zero-order valence-electron chi connectivity index (χ0n) is 15.4. The van der Waals surface area contributed by atoms with E-state index in [1.165, 1.54) is 19.3 Å². The molecule has 6 nitrogen and oxygen atoms in total. The van der Waals surface area contributed by atoms with Gasteiger partial charge in [0.05, 0.1) is 11.0 Å². The van der Waals surface area contributed by atoms with Crippen LogP contribution in [0.4, 0.5) is 5.82 Å². The lowest BCUT2D eigenvalue weighted by atomic mass is 9.88. The first-order chi connectivity index (χ1) is 12.6. The SMILES string of the molecule is CN(C(=O)Cn1c(C2CCCCC2)nc2ccccc21)c1ccn(C)n1. The fraction of sp³-hybridized carbons (Fsp3) is 0.450. The average molecular weight is 351 g/mol. The van der Waals surface area contributed by atoms with Crippen LogP contribution in [0.1, 0.15) is 43.8 Å². The van der Waals surface area contributed by atoms with E-state index in [9.17, 15) is 4.79 Å². The van der Waals surface area contributed by atoms with E-state index >= 15 is 0 Å². The molecule has 4 rings (SSSR count). The van der Waals surface area contributed by atoms with Gasteiger partial charge >= 0.3 is 0 Å². The van der Waals surface area contributed by atoms with Crippen molar-refractivity contribution in [3.05, 3.63) is 42.4 Å². The Bertz CT molecular complexity index is 919. The fourth-order valence-electron chi connectivity index (χ4n) is 3.88. The van der Waals surface area contributed by atoms with E-state index in [4.69, 9.17) is 4.98 Å². The Morgan fingerprint density at radius 1 is 1.19 bits per heavy atom. The van der Waals surface area contributed by atoms with Crippen LogP contribution in [0.2, 0.25) is 0 Å². The van der Waals surface area contributed by atoms with Crippen LogP contribution < -0.4 is 4.90 Å². The van der Waals surface area contributed by atoms with Gasteiger partial charge in [-0.2, -0.15) is 5.10 Å². The number of carbonyl (C=O) groups is 1. The number of nitrogens with zero attached hydrogens (tertiary/aromatic N) is 5. The summed E-state index contributed by atoms with van der Waals surface area (Å²) >= 11 is 0. The molecule has 136 valence electrons. The number of aromatic nitrogens is 4. The highest BCUT2D eigenvalue weighted by Gasteiger charge is 2.24. The van der Waals surface area contributed by atoms with Crippen molar-refractivity contribution in [2.24, 2.45) is 7.05 Å². The van der Waals surface area contributed by atoms with Gasteiger partial charge in [0, 0.05) is 32.3 Å². The Balaban J connectivity index is 1.67. The molecule has 0 radical (unpaired) electrons. The van der Waals surface area contributed by atoms with Gasteiger partial charge in [0.15, 0.2) is 5.82 Å². The number of carbonyl (C=O) groups excluding carboxylic acids is 1. The monoisotopic (exact) mass is 351 g/mol. The number of likely N-dealkylation sites (N-methyl/N-ethyl adjacent to an activating group) is 1. The third-order valence-corrected chi connectivity index (χ3v) is 5.37. The van der Waals surface area contributed by atoms with E-state index in [0.29, 0.717) is 18.3 Å². The Hall–Kier alpha value is -2.63. The van der Waals surface area contributed by atoms with E-state index in [0.717, 1.165) is 29.7 Å². The summed E-state index contributed by atoms with van der Waals surface area (Å²) in [6.45, 7) is 0.291. The normalized spacial score (nSPS) is 15.5. The maximum atomic E-state index is 12.9. The van der Waals surface area contributed by atoms with Crippen LogP contribution in [-0.4, -0.2) is 32.3 Å². The van der Waals surface area contributed by atoms with Gasteiger partial charge in [0.2, 0.25) is 5.91 Å². The van der Waals surface area contributed by atoms with E-state index in [2.05, 4.69) is 15.7 Å². The summed E-state index contributed by atoms with van der Waals surface area (Å²) in [4.78, 5) is 19.4. The van der Waals surface area contributed by atoms with Crippen LogP contribution >= 0.6 is 0 Å². The number of imidazole rings is 1. The van der Waals surface area contributed by atoms with Gasteiger partial charge in [0.25, 0.3) is 0 Å². The lowest BCUT2D eigenvalue weighted by Gasteiger charge is -2.23. The maximum absolute atomic E-state index is 12.9. The van der Waals surface area contributed by atoms with Crippen LogP contribution in [-0.2, 0) is 18.4 Å². The number of hydrogen-bond donors (Lipinski definition) is 0. The molecule has 1 amide bonds. The van der Waals surface area contributed by atoms with Crippen LogP contribution in [0.3, 0.4) is 0 Å². The van der Waals surface area contributed by atoms with Crippen LogP contribution in [0.25, 0.3) is 11.0 Å². The molecule has 0 N–H and O–H groups in total. The molecule has 1 aliphatic carbocycles. The number of para-hydroxylation sites is 2. The van der Waals surface area contributed by atoms with E-state index in [1.54, 1.807) is 16.6 Å². The molecule has 3 aromatic rings. The molecule has 2 aromatic heterocycles. The first-order valence-corrected chi connectivity index (χ1v) is 9.35. The third-order valence-electron chi connectivity index (χ3n) is 5.37. The Labute approximate surface area is 153 Å². The van der Waals surface area contributed by atoms with E-state index in [-0.39, 0.29) is 5.91 Å². The summed E-state index contributed by atoms with van der Waals surface area (Å²) in [7, 11) is 3.64. The second-order valence-corrected chi connectivity index (χ2v) is 7.18. The number of rotatable bonds is 4. The molecule has 0 spiro atoms. The van der Waals surface area contributed by atoms with Crippen molar-refractivity contribution in [1.82, 2.24) is 19.3 Å². The van der Waals surface area contributed by atoms with Gasteiger partial charge in [-0.05, 0) is 25.0 Å². The third kappa shape index (κ3) is 3.11. The summed E-state index contributed by atoms with van der Waals surface area (Å²) < 4.78 is 3.83. The van der Waals surface area contributed by atoms with Gasteiger partial charge in [-0.1, -0.05) is 31.4 Å². The number of amides is 1. The highest BCUT2D eigenvalue weighted by Crippen LogP contribution is 2.34. The molecule has 0 aliphatic heterocycles. The van der Waals surface area contributed by atoms with Gasteiger partial charge in [-0.15, -0.1) is 0 Å². The van der Waals surface area contributed by atoms with Crippen molar-refractivity contribution >= 4 is 22.8 Å². The van der Waals surface area contributed by atoms with Crippen molar-refractivity contribution in [1.29, 1.82) is 0 Å². The smallest absolute Gasteiger partial charge is 0.247 e. The minimum Gasteiger partial charge on any atom is -0.318 e. The van der Waals surface area contributed by atoms with Gasteiger partial charge in [0.1, 0.15) is 12.4 Å². The lowest BCUT2D eigenvalue weighted by Crippen LogP contribution is -2.31. The molecule has 0 atom stereocenters. The molecule has 2 heterocycles. The molecule has 1 saturated carbocycles. The molecule has 6 heteroatoms. The molecule has 0 bridgehead atoms. The van der Waals surface area contributed by atoms with Crippen molar-refractivity contribution < 1.29 is 4.79 Å².